The highest BCUT2D eigenvalue weighted by molar-refractivity contribution is 6.16. The molecule has 1 fully saturated rings. The zero-order valence-electron chi connectivity index (χ0n) is 11.3. The largest absolute Gasteiger partial charge is 0.381 e. The highest BCUT2D eigenvalue weighted by Crippen LogP contribution is 2.35. The van der Waals surface area contributed by atoms with Crippen LogP contribution in [0, 0.1) is 6.92 Å². The van der Waals surface area contributed by atoms with Gasteiger partial charge in [-0.1, -0.05) is 0 Å². The SMILES string of the molecule is COC1CCC(n2c(CCl)nc3cc(C)cnc32)C1. The molecule has 4 nitrogen and oxygen atoms in total. The van der Waals surface area contributed by atoms with E-state index in [0.29, 0.717) is 18.0 Å². The van der Waals surface area contributed by atoms with Crippen LogP contribution >= 0.6 is 11.6 Å². The Bertz CT molecular complexity index is 596. The molecule has 2 heterocycles. The number of halogens is 1. The molecule has 102 valence electrons. The van der Waals surface area contributed by atoms with Gasteiger partial charge in [-0.2, -0.15) is 0 Å². The van der Waals surface area contributed by atoms with Crippen LogP contribution in [0.25, 0.3) is 11.2 Å². The second kappa shape index (κ2) is 5.10. The van der Waals surface area contributed by atoms with Gasteiger partial charge in [0, 0.05) is 19.3 Å². The van der Waals surface area contributed by atoms with Crippen LogP contribution in [0.3, 0.4) is 0 Å². The molecule has 1 aliphatic rings. The summed E-state index contributed by atoms with van der Waals surface area (Å²) >= 11 is 6.05. The van der Waals surface area contributed by atoms with Crippen LogP contribution in [0.4, 0.5) is 0 Å². The van der Waals surface area contributed by atoms with E-state index in [2.05, 4.69) is 20.6 Å². The summed E-state index contributed by atoms with van der Waals surface area (Å²) in [6, 6.07) is 2.47. The van der Waals surface area contributed by atoms with Crippen LogP contribution in [-0.4, -0.2) is 27.7 Å². The second-order valence-electron chi connectivity index (χ2n) is 5.21. The lowest BCUT2D eigenvalue weighted by atomic mass is 10.2. The Morgan fingerprint density at radius 3 is 3.00 bits per heavy atom. The molecule has 0 bridgehead atoms. The van der Waals surface area contributed by atoms with Gasteiger partial charge >= 0.3 is 0 Å². The lowest BCUT2D eigenvalue weighted by Gasteiger charge is -2.15. The normalized spacial score (nSPS) is 23.3. The van der Waals surface area contributed by atoms with Gasteiger partial charge in [0.15, 0.2) is 5.65 Å². The van der Waals surface area contributed by atoms with Crippen LogP contribution in [0.5, 0.6) is 0 Å². The molecule has 0 radical (unpaired) electrons. The maximum absolute atomic E-state index is 6.05. The minimum absolute atomic E-state index is 0.344. The fraction of sp³-hybridized carbons (Fsp3) is 0.571. The molecule has 5 heteroatoms. The third-order valence-corrected chi connectivity index (χ3v) is 4.15. The predicted molar refractivity (Wildman–Crippen MR) is 75.5 cm³/mol. The standard InChI is InChI=1S/C14H18ClN3O/c1-9-5-12-14(16-8-9)18(13(7-15)17-12)10-3-4-11(6-10)19-2/h5,8,10-11H,3-4,6-7H2,1-2H3. The summed E-state index contributed by atoms with van der Waals surface area (Å²) in [5, 5.41) is 0. The molecular formula is C14H18ClN3O. The Morgan fingerprint density at radius 1 is 1.47 bits per heavy atom. The van der Waals surface area contributed by atoms with Crippen molar-refractivity contribution in [2.45, 2.75) is 44.2 Å². The van der Waals surface area contributed by atoms with Gasteiger partial charge in [0.05, 0.1) is 12.0 Å². The van der Waals surface area contributed by atoms with Crippen LogP contribution in [0.1, 0.15) is 36.7 Å². The first kappa shape index (κ1) is 12.9. The number of aromatic nitrogens is 3. The summed E-state index contributed by atoms with van der Waals surface area (Å²) in [5.74, 6) is 1.33. The number of imidazole rings is 1. The third kappa shape index (κ3) is 2.23. The van der Waals surface area contributed by atoms with E-state index in [1.165, 1.54) is 0 Å². The van der Waals surface area contributed by atoms with Crippen molar-refractivity contribution in [3.63, 3.8) is 0 Å². The average Bonchev–Trinajstić information content (AvgIpc) is 3.00. The van der Waals surface area contributed by atoms with Gasteiger partial charge in [-0.05, 0) is 37.8 Å². The van der Waals surface area contributed by atoms with Crippen LogP contribution in [0.2, 0.25) is 0 Å². The number of alkyl halides is 1. The molecule has 0 spiro atoms. The minimum Gasteiger partial charge on any atom is -0.381 e. The van der Waals surface area contributed by atoms with Crippen molar-refractivity contribution < 1.29 is 4.74 Å². The molecule has 19 heavy (non-hydrogen) atoms. The molecule has 0 aromatic carbocycles. The molecule has 2 atom stereocenters. The van der Waals surface area contributed by atoms with Crippen molar-refractivity contribution in [3.8, 4) is 0 Å². The summed E-state index contributed by atoms with van der Waals surface area (Å²) in [5.41, 5.74) is 3.01. The van der Waals surface area contributed by atoms with E-state index in [1.54, 1.807) is 7.11 Å². The van der Waals surface area contributed by atoms with E-state index in [0.717, 1.165) is 41.8 Å². The summed E-state index contributed by atoms with van der Waals surface area (Å²) in [4.78, 5) is 9.16. The van der Waals surface area contributed by atoms with Crippen molar-refractivity contribution in [2.24, 2.45) is 0 Å². The van der Waals surface area contributed by atoms with Gasteiger partial charge in [-0.25, -0.2) is 9.97 Å². The number of methoxy groups -OCH3 is 1. The molecule has 1 aliphatic carbocycles. The van der Waals surface area contributed by atoms with E-state index in [9.17, 15) is 0 Å². The van der Waals surface area contributed by atoms with E-state index >= 15 is 0 Å². The molecule has 0 aliphatic heterocycles. The number of hydrogen-bond acceptors (Lipinski definition) is 3. The van der Waals surface area contributed by atoms with Crippen LogP contribution in [-0.2, 0) is 10.6 Å². The Hall–Kier alpha value is -1.13. The first-order valence-electron chi connectivity index (χ1n) is 6.65. The highest BCUT2D eigenvalue weighted by Gasteiger charge is 2.29. The van der Waals surface area contributed by atoms with Crippen molar-refractivity contribution in [1.82, 2.24) is 14.5 Å². The summed E-state index contributed by atoms with van der Waals surface area (Å²) in [6.07, 6.45) is 5.44. The van der Waals surface area contributed by atoms with Gasteiger partial charge in [0.25, 0.3) is 0 Å². The Balaban J connectivity index is 2.06. The summed E-state index contributed by atoms with van der Waals surface area (Å²) in [6.45, 7) is 2.03. The van der Waals surface area contributed by atoms with E-state index in [1.807, 2.05) is 13.1 Å². The maximum Gasteiger partial charge on any atom is 0.160 e. The highest BCUT2D eigenvalue weighted by atomic mass is 35.5. The van der Waals surface area contributed by atoms with E-state index < -0.39 is 0 Å². The zero-order chi connectivity index (χ0) is 13.4. The fourth-order valence-corrected chi connectivity index (χ4v) is 3.16. The Kier molecular flexibility index (Phi) is 3.46. The predicted octanol–water partition coefficient (Wildman–Crippen LogP) is 3.22. The van der Waals surface area contributed by atoms with Crippen LogP contribution in [0.15, 0.2) is 12.3 Å². The molecule has 0 amide bonds. The maximum atomic E-state index is 6.05. The van der Waals surface area contributed by atoms with Gasteiger partial charge < -0.3 is 9.30 Å². The molecule has 2 aromatic rings. The summed E-state index contributed by atoms with van der Waals surface area (Å²) in [7, 11) is 1.78. The molecule has 1 saturated carbocycles. The van der Waals surface area contributed by atoms with Gasteiger partial charge in [0.2, 0.25) is 0 Å². The van der Waals surface area contributed by atoms with Crippen LogP contribution < -0.4 is 0 Å². The number of ether oxygens (including phenoxy) is 1. The molecule has 2 unspecified atom stereocenters. The second-order valence-corrected chi connectivity index (χ2v) is 5.48. The topological polar surface area (TPSA) is 39.9 Å². The van der Waals surface area contributed by atoms with Gasteiger partial charge in [-0.3, -0.25) is 0 Å². The molecule has 0 N–H and O–H groups in total. The van der Waals surface area contributed by atoms with Gasteiger partial charge in [0.1, 0.15) is 11.3 Å². The Morgan fingerprint density at radius 2 is 2.32 bits per heavy atom. The van der Waals surface area contributed by atoms with E-state index in [-0.39, 0.29) is 0 Å². The number of pyridine rings is 1. The monoisotopic (exact) mass is 279 g/mol. The number of fused-ring (bicyclic) bond motifs is 1. The number of hydrogen-bond donors (Lipinski definition) is 0. The third-order valence-electron chi connectivity index (χ3n) is 3.91. The Labute approximate surface area is 117 Å². The number of nitrogens with zero attached hydrogens (tertiary/aromatic N) is 3. The zero-order valence-corrected chi connectivity index (χ0v) is 12.0. The lowest BCUT2D eigenvalue weighted by Crippen LogP contribution is -2.11. The lowest BCUT2D eigenvalue weighted by molar-refractivity contribution is 0.106. The smallest absolute Gasteiger partial charge is 0.160 e. The fourth-order valence-electron chi connectivity index (χ4n) is 2.97. The van der Waals surface area contributed by atoms with Crippen molar-refractivity contribution in [2.75, 3.05) is 7.11 Å². The number of rotatable bonds is 3. The van der Waals surface area contributed by atoms with E-state index in [4.69, 9.17) is 16.3 Å². The average molecular weight is 280 g/mol. The minimum atomic E-state index is 0.344. The molecule has 2 aromatic heterocycles. The quantitative estimate of drug-likeness (QED) is 0.810. The summed E-state index contributed by atoms with van der Waals surface area (Å²) < 4.78 is 7.67. The molecule has 3 rings (SSSR count). The van der Waals surface area contributed by atoms with Crippen molar-refractivity contribution >= 4 is 22.8 Å². The van der Waals surface area contributed by atoms with Gasteiger partial charge in [-0.15, -0.1) is 11.6 Å². The van der Waals surface area contributed by atoms with Crippen molar-refractivity contribution in [3.05, 3.63) is 23.7 Å². The molecule has 0 saturated heterocycles. The first-order chi connectivity index (χ1) is 9.22. The number of aryl methyl sites for hydroxylation is 1. The van der Waals surface area contributed by atoms with Crippen molar-refractivity contribution in [1.29, 1.82) is 0 Å². The molecular weight excluding hydrogens is 262 g/mol. The first-order valence-corrected chi connectivity index (χ1v) is 7.18.